The fourth-order valence-electron chi connectivity index (χ4n) is 2.78. The Morgan fingerprint density at radius 2 is 1.71 bits per heavy atom. The van der Waals surface area contributed by atoms with Crippen LogP contribution in [0.2, 0.25) is 0 Å². The second kappa shape index (κ2) is 7.25. The average molecular weight is 289 g/mol. The van der Waals surface area contributed by atoms with Crippen molar-refractivity contribution in [2.24, 2.45) is 5.92 Å². The molecule has 2 unspecified atom stereocenters. The molecule has 1 aromatic carbocycles. The first kappa shape index (κ1) is 15.5. The van der Waals surface area contributed by atoms with Crippen molar-refractivity contribution < 1.29 is 14.3 Å². The lowest BCUT2D eigenvalue weighted by Gasteiger charge is -2.16. The minimum absolute atomic E-state index is 0.0639. The molecule has 0 heterocycles. The highest BCUT2D eigenvalue weighted by atomic mass is 16.5. The Hall–Kier alpha value is -1.84. The Morgan fingerprint density at radius 3 is 2.38 bits per heavy atom. The molecule has 1 N–H and O–H groups in total. The third-order valence-corrected chi connectivity index (χ3v) is 4.16. The molecule has 2 atom stereocenters. The number of ether oxygens (including phenoxy) is 1. The van der Waals surface area contributed by atoms with E-state index in [1.165, 1.54) is 26.4 Å². The summed E-state index contributed by atoms with van der Waals surface area (Å²) in [5, 5.41) is 3.10. The van der Waals surface area contributed by atoms with Crippen LogP contribution in [0.4, 0.5) is 0 Å². The molecule has 0 spiro atoms. The number of hydrogen-bond donors (Lipinski definition) is 1. The van der Waals surface area contributed by atoms with E-state index in [-0.39, 0.29) is 17.9 Å². The van der Waals surface area contributed by atoms with Crippen LogP contribution in [0.3, 0.4) is 0 Å². The van der Waals surface area contributed by atoms with Crippen LogP contribution in [0.25, 0.3) is 0 Å². The summed E-state index contributed by atoms with van der Waals surface area (Å²) in [6.45, 7) is 2.27. The fourth-order valence-corrected chi connectivity index (χ4v) is 2.78. The minimum Gasteiger partial charge on any atom is -0.465 e. The number of amides is 1. The Kier molecular flexibility index (Phi) is 5.37. The fraction of sp³-hybridized carbons (Fsp3) is 0.529. The molecule has 2 rings (SSSR count). The molecule has 1 amide bonds. The molecule has 21 heavy (non-hydrogen) atoms. The van der Waals surface area contributed by atoms with Gasteiger partial charge >= 0.3 is 5.97 Å². The second-order valence-electron chi connectivity index (χ2n) is 5.85. The maximum absolute atomic E-state index is 12.2. The Labute approximate surface area is 125 Å². The number of rotatable bonds is 3. The van der Waals surface area contributed by atoms with Crippen molar-refractivity contribution in [1.82, 2.24) is 5.32 Å². The van der Waals surface area contributed by atoms with Crippen LogP contribution in [0.1, 0.15) is 59.7 Å². The molecule has 1 saturated carbocycles. The molecule has 1 aliphatic rings. The number of hydrogen-bond acceptors (Lipinski definition) is 3. The molecule has 4 nitrogen and oxygen atoms in total. The lowest BCUT2D eigenvalue weighted by Crippen LogP contribution is -2.34. The van der Waals surface area contributed by atoms with E-state index in [0.717, 1.165) is 18.8 Å². The Balaban J connectivity index is 1.95. The molecule has 0 aromatic heterocycles. The molecule has 1 aliphatic carbocycles. The van der Waals surface area contributed by atoms with Gasteiger partial charge in [0, 0.05) is 11.6 Å². The monoisotopic (exact) mass is 289 g/mol. The molecule has 0 saturated heterocycles. The topological polar surface area (TPSA) is 55.4 Å². The zero-order valence-corrected chi connectivity index (χ0v) is 12.7. The van der Waals surface area contributed by atoms with Crippen LogP contribution in [0, 0.1) is 5.92 Å². The van der Waals surface area contributed by atoms with Crippen molar-refractivity contribution in [3.05, 3.63) is 35.4 Å². The van der Waals surface area contributed by atoms with Gasteiger partial charge in [-0.2, -0.15) is 0 Å². The van der Waals surface area contributed by atoms with Crippen molar-refractivity contribution >= 4 is 11.9 Å². The number of nitrogens with one attached hydrogen (secondary N) is 1. The van der Waals surface area contributed by atoms with Gasteiger partial charge in [-0.15, -0.1) is 0 Å². The molecular weight excluding hydrogens is 266 g/mol. The molecular formula is C17H23NO3. The third-order valence-electron chi connectivity index (χ3n) is 4.16. The highest BCUT2D eigenvalue weighted by Crippen LogP contribution is 2.22. The first-order valence-electron chi connectivity index (χ1n) is 7.59. The SMILES string of the molecule is COC(=O)c1ccc(C(=O)NC2CCCC(C)CC2)cc1. The number of carbonyl (C=O) groups excluding carboxylic acids is 2. The lowest BCUT2D eigenvalue weighted by atomic mass is 10.0. The number of carbonyl (C=O) groups is 2. The van der Waals surface area contributed by atoms with Crippen molar-refractivity contribution in [1.29, 1.82) is 0 Å². The van der Waals surface area contributed by atoms with Crippen molar-refractivity contribution in [3.8, 4) is 0 Å². The van der Waals surface area contributed by atoms with Crippen molar-refractivity contribution in [3.63, 3.8) is 0 Å². The highest BCUT2D eigenvalue weighted by Gasteiger charge is 2.18. The first-order chi connectivity index (χ1) is 10.1. The van der Waals surface area contributed by atoms with Crippen LogP contribution in [-0.4, -0.2) is 25.0 Å². The van der Waals surface area contributed by atoms with Gasteiger partial charge in [-0.25, -0.2) is 4.79 Å². The predicted molar refractivity (Wildman–Crippen MR) is 81.3 cm³/mol. The quantitative estimate of drug-likeness (QED) is 0.687. The number of methoxy groups -OCH3 is 1. The van der Waals surface area contributed by atoms with Crippen LogP contribution in [-0.2, 0) is 4.74 Å². The lowest BCUT2D eigenvalue weighted by molar-refractivity contribution is 0.0600. The van der Waals surface area contributed by atoms with Crippen LogP contribution >= 0.6 is 0 Å². The Morgan fingerprint density at radius 1 is 1.05 bits per heavy atom. The smallest absolute Gasteiger partial charge is 0.337 e. The van der Waals surface area contributed by atoms with E-state index in [1.807, 2.05) is 0 Å². The molecule has 4 heteroatoms. The van der Waals surface area contributed by atoms with Gasteiger partial charge in [0.2, 0.25) is 0 Å². The standard InChI is InChI=1S/C17H23NO3/c1-12-4-3-5-15(11-6-12)18-16(19)13-7-9-14(10-8-13)17(20)21-2/h7-10,12,15H,3-6,11H2,1-2H3,(H,18,19). The molecule has 1 aromatic rings. The summed E-state index contributed by atoms with van der Waals surface area (Å²) < 4.78 is 4.64. The minimum atomic E-state index is -0.389. The van der Waals surface area contributed by atoms with Gasteiger partial charge in [-0.1, -0.05) is 19.8 Å². The van der Waals surface area contributed by atoms with Crippen molar-refractivity contribution in [2.45, 2.75) is 45.1 Å². The molecule has 0 bridgehead atoms. The van der Waals surface area contributed by atoms with Crippen LogP contribution < -0.4 is 5.32 Å². The molecule has 1 fully saturated rings. The summed E-state index contributed by atoms with van der Waals surface area (Å²) in [6, 6.07) is 6.84. The molecule has 0 aliphatic heterocycles. The Bertz CT molecular complexity index is 495. The van der Waals surface area contributed by atoms with Gasteiger partial charge in [0.1, 0.15) is 0 Å². The summed E-state index contributed by atoms with van der Waals surface area (Å²) >= 11 is 0. The van der Waals surface area contributed by atoms with Gasteiger partial charge in [0.25, 0.3) is 5.91 Å². The van der Waals surface area contributed by atoms with E-state index in [1.54, 1.807) is 24.3 Å². The van der Waals surface area contributed by atoms with Crippen molar-refractivity contribution in [2.75, 3.05) is 7.11 Å². The van der Waals surface area contributed by atoms with Gasteiger partial charge in [0.05, 0.1) is 12.7 Å². The molecule has 114 valence electrons. The van der Waals surface area contributed by atoms with Crippen LogP contribution in [0.5, 0.6) is 0 Å². The largest absolute Gasteiger partial charge is 0.465 e. The summed E-state index contributed by atoms with van der Waals surface area (Å²) in [5.74, 6) is 0.303. The maximum atomic E-state index is 12.2. The van der Waals surface area contributed by atoms with Gasteiger partial charge in [-0.05, 0) is 49.4 Å². The van der Waals surface area contributed by atoms with E-state index in [2.05, 4.69) is 17.0 Å². The zero-order chi connectivity index (χ0) is 15.2. The zero-order valence-electron chi connectivity index (χ0n) is 12.7. The number of esters is 1. The summed E-state index contributed by atoms with van der Waals surface area (Å²) in [5.41, 5.74) is 1.04. The molecule has 0 radical (unpaired) electrons. The van der Waals surface area contributed by atoms with E-state index in [0.29, 0.717) is 11.1 Å². The third kappa shape index (κ3) is 4.31. The van der Waals surface area contributed by atoms with Gasteiger partial charge in [0.15, 0.2) is 0 Å². The van der Waals surface area contributed by atoms with E-state index in [4.69, 9.17) is 0 Å². The summed E-state index contributed by atoms with van der Waals surface area (Å²) in [7, 11) is 1.34. The first-order valence-corrected chi connectivity index (χ1v) is 7.59. The average Bonchev–Trinajstić information content (AvgIpc) is 2.71. The number of benzene rings is 1. The second-order valence-corrected chi connectivity index (χ2v) is 5.85. The predicted octanol–water partition coefficient (Wildman–Crippen LogP) is 3.17. The van der Waals surface area contributed by atoms with Gasteiger partial charge in [-0.3, -0.25) is 4.79 Å². The summed E-state index contributed by atoms with van der Waals surface area (Å²) in [6.07, 6.45) is 5.70. The van der Waals surface area contributed by atoms with E-state index in [9.17, 15) is 9.59 Å². The van der Waals surface area contributed by atoms with E-state index < -0.39 is 0 Å². The van der Waals surface area contributed by atoms with Crippen LogP contribution in [0.15, 0.2) is 24.3 Å². The van der Waals surface area contributed by atoms with E-state index >= 15 is 0 Å². The highest BCUT2D eigenvalue weighted by molar-refractivity contribution is 5.96. The maximum Gasteiger partial charge on any atom is 0.337 e. The summed E-state index contributed by atoms with van der Waals surface area (Å²) in [4.78, 5) is 23.6. The van der Waals surface area contributed by atoms with Gasteiger partial charge < -0.3 is 10.1 Å². The normalized spacial score (nSPS) is 22.2.